The van der Waals surface area contributed by atoms with E-state index in [-0.39, 0.29) is 17.6 Å². The molecule has 1 aromatic carbocycles. The van der Waals surface area contributed by atoms with Crippen LogP contribution in [0.2, 0.25) is 5.02 Å². The molecule has 1 aromatic rings. The number of hydrogen-bond acceptors (Lipinski definition) is 3. The van der Waals surface area contributed by atoms with Gasteiger partial charge in [0.05, 0.1) is 0 Å². The maximum absolute atomic E-state index is 14.0. The van der Waals surface area contributed by atoms with Gasteiger partial charge in [-0.05, 0) is 44.9 Å². The van der Waals surface area contributed by atoms with Gasteiger partial charge in [0.1, 0.15) is 11.5 Å². The van der Waals surface area contributed by atoms with Gasteiger partial charge < -0.3 is 4.74 Å². The zero-order valence-corrected chi connectivity index (χ0v) is 13.6. The van der Waals surface area contributed by atoms with Gasteiger partial charge in [-0.25, -0.2) is 9.38 Å². The van der Waals surface area contributed by atoms with Crippen LogP contribution in [0.5, 0.6) is 0 Å². The highest BCUT2D eigenvalue weighted by Crippen LogP contribution is 2.39. The minimum absolute atomic E-state index is 0.184. The van der Waals surface area contributed by atoms with Gasteiger partial charge in [-0.3, -0.25) is 4.99 Å². The minimum Gasteiger partial charge on any atom is -0.428 e. The molecule has 0 aromatic heterocycles. The van der Waals surface area contributed by atoms with Crippen molar-refractivity contribution in [1.29, 1.82) is 0 Å². The summed E-state index contributed by atoms with van der Waals surface area (Å²) >= 11 is 5.79. The quantitative estimate of drug-likeness (QED) is 0.741. The molecular formula is C17H20ClFN2O. The zero-order valence-electron chi connectivity index (χ0n) is 12.9. The van der Waals surface area contributed by atoms with Crippen LogP contribution in [0.15, 0.2) is 28.2 Å². The molecule has 0 spiro atoms. The van der Waals surface area contributed by atoms with Gasteiger partial charge in [0.25, 0.3) is 0 Å². The molecule has 0 radical (unpaired) electrons. The van der Waals surface area contributed by atoms with Crippen LogP contribution >= 0.6 is 11.6 Å². The van der Waals surface area contributed by atoms with Crippen molar-refractivity contribution in [3.63, 3.8) is 0 Å². The van der Waals surface area contributed by atoms with Crippen molar-refractivity contribution in [2.24, 2.45) is 21.8 Å². The molecule has 3 rings (SSSR count). The van der Waals surface area contributed by atoms with Gasteiger partial charge in [-0.15, -0.1) is 0 Å². The lowest BCUT2D eigenvalue weighted by molar-refractivity contribution is 0.385. The summed E-state index contributed by atoms with van der Waals surface area (Å²) in [5.41, 5.74) is 0.273. The molecule has 0 N–H and O–H groups in total. The predicted molar refractivity (Wildman–Crippen MR) is 87.6 cm³/mol. The van der Waals surface area contributed by atoms with Crippen molar-refractivity contribution in [3.8, 4) is 0 Å². The van der Waals surface area contributed by atoms with Crippen LogP contribution in [-0.2, 0) is 4.74 Å². The fraction of sp³-hybridized carbons (Fsp3) is 0.529. The first-order valence-corrected chi connectivity index (χ1v) is 8.21. The Morgan fingerprint density at radius 2 is 1.86 bits per heavy atom. The van der Waals surface area contributed by atoms with Crippen LogP contribution in [0, 0.1) is 17.7 Å². The van der Waals surface area contributed by atoms with Crippen molar-refractivity contribution < 1.29 is 9.13 Å². The van der Waals surface area contributed by atoms with E-state index in [1.807, 2.05) is 13.8 Å². The lowest BCUT2D eigenvalue weighted by Gasteiger charge is -2.21. The summed E-state index contributed by atoms with van der Waals surface area (Å²) in [4.78, 5) is 9.01. The van der Waals surface area contributed by atoms with E-state index in [2.05, 4.69) is 9.98 Å². The molecule has 1 saturated heterocycles. The molecule has 0 amide bonds. The number of rotatable bonds is 2. The molecule has 1 aliphatic carbocycles. The molecule has 2 aliphatic rings. The van der Waals surface area contributed by atoms with Gasteiger partial charge in [-0.2, -0.15) is 0 Å². The average molecular weight is 323 g/mol. The first kappa shape index (κ1) is 15.5. The Balaban J connectivity index is 1.94. The second-order valence-electron chi connectivity index (χ2n) is 6.21. The second kappa shape index (κ2) is 6.37. The van der Waals surface area contributed by atoms with Crippen molar-refractivity contribution >= 4 is 29.1 Å². The Morgan fingerprint density at radius 1 is 1.18 bits per heavy atom. The molecule has 1 heterocycles. The van der Waals surface area contributed by atoms with E-state index in [9.17, 15) is 4.39 Å². The van der Waals surface area contributed by atoms with Crippen LogP contribution < -0.4 is 0 Å². The molecule has 1 aliphatic heterocycles. The lowest BCUT2D eigenvalue weighted by Crippen LogP contribution is -2.22. The first-order valence-electron chi connectivity index (χ1n) is 7.84. The SMILES string of the molecule is CC(C)N=C1OC(=Nc2ccc(Cl)cc2F)C2CCCCC12. The molecule has 2 unspecified atom stereocenters. The third-order valence-corrected chi connectivity index (χ3v) is 4.37. The summed E-state index contributed by atoms with van der Waals surface area (Å²) in [6.45, 7) is 4.06. The fourth-order valence-electron chi connectivity index (χ4n) is 3.15. The molecule has 3 nitrogen and oxygen atoms in total. The summed E-state index contributed by atoms with van der Waals surface area (Å²) in [5.74, 6) is 1.47. The predicted octanol–water partition coefficient (Wildman–Crippen LogP) is 5.15. The molecule has 1 saturated carbocycles. The largest absolute Gasteiger partial charge is 0.428 e. The van der Waals surface area contributed by atoms with Crippen molar-refractivity contribution in [1.82, 2.24) is 0 Å². The Bertz CT molecular complexity index is 627. The number of ether oxygens (including phenoxy) is 1. The Kier molecular flexibility index (Phi) is 4.48. The second-order valence-corrected chi connectivity index (χ2v) is 6.64. The fourth-order valence-corrected chi connectivity index (χ4v) is 3.31. The van der Waals surface area contributed by atoms with Crippen molar-refractivity contribution in [2.45, 2.75) is 45.6 Å². The molecular weight excluding hydrogens is 303 g/mol. The molecule has 0 bridgehead atoms. The van der Waals surface area contributed by atoms with E-state index in [1.165, 1.54) is 12.5 Å². The highest BCUT2D eigenvalue weighted by molar-refractivity contribution is 6.30. The van der Waals surface area contributed by atoms with E-state index in [4.69, 9.17) is 16.3 Å². The number of halogens is 2. The van der Waals surface area contributed by atoms with Gasteiger partial charge in [0.2, 0.25) is 5.90 Å². The monoisotopic (exact) mass is 322 g/mol. The molecule has 5 heteroatoms. The number of fused-ring (bicyclic) bond motifs is 1. The van der Waals surface area contributed by atoms with Crippen molar-refractivity contribution in [2.75, 3.05) is 0 Å². The first-order chi connectivity index (χ1) is 10.5. The van der Waals surface area contributed by atoms with E-state index < -0.39 is 5.82 Å². The smallest absolute Gasteiger partial charge is 0.200 e. The van der Waals surface area contributed by atoms with Crippen LogP contribution in [0.4, 0.5) is 10.1 Å². The zero-order chi connectivity index (χ0) is 15.7. The van der Waals surface area contributed by atoms with Gasteiger partial charge in [0, 0.05) is 22.9 Å². The van der Waals surface area contributed by atoms with Crippen LogP contribution in [-0.4, -0.2) is 17.8 Å². The number of benzene rings is 1. The van der Waals surface area contributed by atoms with E-state index in [1.54, 1.807) is 12.1 Å². The van der Waals surface area contributed by atoms with Gasteiger partial charge >= 0.3 is 0 Å². The van der Waals surface area contributed by atoms with Gasteiger partial charge in [0.15, 0.2) is 5.90 Å². The minimum atomic E-state index is -0.426. The normalized spacial score (nSPS) is 28.2. The summed E-state index contributed by atoms with van der Waals surface area (Å²) in [6.07, 6.45) is 4.43. The number of nitrogens with zero attached hydrogens (tertiary/aromatic N) is 2. The third-order valence-electron chi connectivity index (χ3n) is 4.14. The van der Waals surface area contributed by atoms with Gasteiger partial charge in [-0.1, -0.05) is 24.4 Å². The third kappa shape index (κ3) is 3.17. The lowest BCUT2D eigenvalue weighted by atomic mass is 9.80. The average Bonchev–Trinajstić information content (AvgIpc) is 2.80. The van der Waals surface area contributed by atoms with Crippen LogP contribution in [0.3, 0.4) is 0 Å². The number of aliphatic imine (C=N–C) groups is 2. The Morgan fingerprint density at radius 3 is 2.50 bits per heavy atom. The van der Waals surface area contributed by atoms with Crippen LogP contribution in [0.1, 0.15) is 39.5 Å². The van der Waals surface area contributed by atoms with E-state index in [0.29, 0.717) is 16.8 Å². The van der Waals surface area contributed by atoms with E-state index in [0.717, 1.165) is 25.2 Å². The summed E-state index contributed by atoms with van der Waals surface area (Å²) in [5, 5.41) is 0.367. The molecule has 22 heavy (non-hydrogen) atoms. The standard InChI is InChI=1S/C17H20ClFN2O/c1-10(2)20-16-12-5-3-4-6-13(12)17(22-16)21-15-8-7-11(18)9-14(15)19/h7-10,12-13H,3-6H2,1-2H3. The highest BCUT2D eigenvalue weighted by atomic mass is 35.5. The maximum atomic E-state index is 14.0. The highest BCUT2D eigenvalue weighted by Gasteiger charge is 2.42. The van der Waals surface area contributed by atoms with E-state index >= 15 is 0 Å². The summed E-state index contributed by atoms with van der Waals surface area (Å²) in [7, 11) is 0. The van der Waals surface area contributed by atoms with Crippen LogP contribution in [0.25, 0.3) is 0 Å². The number of hydrogen-bond donors (Lipinski definition) is 0. The molecule has 2 atom stereocenters. The Labute approximate surface area is 135 Å². The molecule has 118 valence electrons. The summed E-state index contributed by atoms with van der Waals surface area (Å²) in [6, 6.07) is 4.69. The maximum Gasteiger partial charge on any atom is 0.200 e. The Hall–Kier alpha value is -1.42. The molecule has 2 fully saturated rings. The topological polar surface area (TPSA) is 34.0 Å². The van der Waals surface area contributed by atoms with Crippen molar-refractivity contribution in [3.05, 3.63) is 29.0 Å². The summed E-state index contributed by atoms with van der Waals surface area (Å²) < 4.78 is 19.9.